The third-order valence-corrected chi connectivity index (χ3v) is 3.85. The molecule has 4 rings (SSSR count). The molecule has 0 spiro atoms. The van der Waals surface area contributed by atoms with Crippen molar-refractivity contribution in [3.05, 3.63) is 72.1 Å². The Labute approximate surface area is 129 Å². The Kier molecular flexibility index (Phi) is 2.86. The number of ether oxygens (including phenoxy) is 1. The predicted molar refractivity (Wildman–Crippen MR) is 88.5 cm³/mol. The van der Waals surface area contributed by atoms with Crippen LogP contribution in [0.3, 0.4) is 0 Å². The van der Waals surface area contributed by atoms with Crippen LogP contribution in [0.2, 0.25) is 0 Å². The zero-order valence-electron chi connectivity index (χ0n) is 12.6. The summed E-state index contributed by atoms with van der Waals surface area (Å²) in [6, 6.07) is 16.6. The first-order chi connectivity index (χ1) is 10.7. The number of benzene rings is 2. The number of hydrogen-bond acceptors (Lipinski definition) is 3. The summed E-state index contributed by atoms with van der Waals surface area (Å²) < 4.78 is 6.13. The number of fused-ring (bicyclic) bond motifs is 2. The Morgan fingerprint density at radius 2 is 1.32 bits per heavy atom. The zero-order chi connectivity index (χ0) is 15.1. The van der Waals surface area contributed by atoms with Gasteiger partial charge in [0.15, 0.2) is 11.5 Å². The van der Waals surface area contributed by atoms with Crippen molar-refractivity contribution in [3.8, 4) is 11.5 Å². The maximum absolute atomic E-state index is 6.13. The molecule has 0 radical (unpaired) electrons. The van der Waals surface area contributed by atoms with Crippen molar-refractivity contribution in [1.29, 1.82) is 0 Å². The van der Waals surface area contributed by atoms with Crippen LogP contribution in [0.25, 0.3) is 0 Å². The summed E-state index contributed by atoms with van der Waals surface area (Å²) >= 11 is 0. The monoisotopic (exact) mass is 288 g/mol. The van der Waals surface area contributed by atoms with Gasteiger partial charge < -0.3 is 9.64 Å². The van der Waals surface area contributed by atoms with Gasteiger partial charge in [-0.1, -0.05) is 12.1 Å². The van der Waals surface area contributed by atoms with E-state index in [0.717, 1.165) is 28.6 Å². The summed E-state index contributed by atoms with van der Waals surface area (Å²) in [7, 11) is 0. The summed E-state index contributed by atoms with van der Waals surface area (Å²) in [6.07, 6.45) is 3.62. The van der Waals surface area contributed by atoms with Crippen LogP contribution in [-0.4, -0.2) is 4.98 Å². The van der Waals surface area contributed by atoms with E-state index in [-0.39, 0.29) is 0 Å². The third-order valence-electron chi connectivity index (χ3n) is 3.85. The van der Waals surface area contributed by atoms with Crippen LogP contribution in [0.15, 0.2) is 60.9 Å². The molecule has 1 aromatic heterocycles. The number of aryl methyl sites for hydroxylation is 2. The van der Waals surface area contributed by atoms with Gasteiger partial charge in [-0.25, -0.2) is 0 Å². The van der Waals surface area contributed by atoms with E-state index in [1.807, 2.05) is 24.5 Å². The van der Waals surface area contributed by atoms with Crippen molar-refractivity contribution in [1.82, 2.24) is 4.98 Å². The van der Waals surface area contributed by atoms with Crippen LogP contribution in [0.4, 0.5) is 17.1 Å². The van der Waals surface area contributed by atoms with Crippen molar-refractivity contribution in [2.24, 2.45) is 0 Å². The highest BCUT2D eigenvalue weighted by Crippen LogP contribution is 2.50. The van der Waals surface area contributed by atoms with Gasteiger partial charge in [-0.05, 0) is 61.4 Å². The largest absolute Gasteiger partial charge is 0.453 e. The smallest absolute Gasteiger partial charge is 0.151 e. The van der Waals surface area contributed by atoms with Gasteiger partial charge in [0, 0.05) is 18.1 Å². The van der Waals surface area contributed by atoms with Crippen LogP contribution >= 0.6 is 0 Å². The molecule has 2 heterocycles. The zero-order valence-corrected chi connectivity index (χ0v) is 12.6. The summed E-state index contributed by atoms with van der Waals surface area (Å²) in [5.41, 5.74) is 5.55. The lowest BCUT2D eigenvalue weighted by Crippen LogP contribution is -2.16. The minimum absolute atomic E-state index is 0.884. The second-order valence-corrected chi connectivity index (χ2v) is 5.59. The first-order valence-electron chi connectivity index (χ1n) is 7.32. The molecule has 0 atom stereocenters. The summed E-state index contributed by atoms with van der Waals surface area (Å²) in [5.74, 6) is 1.77. The number of aromatic nitrogens is 1. The molecule has 3 aromatic rings. The van der Waals surface area contributed by atoms with Crippen molar-refractivity contribution in [2.45, 2.75) is 13.8 Å². The number of anilines is 3. The molecular weight excluding hydrogens is 272 g/mol. The number of pyridine rings is 1. The average Bonchev–Trinajstić information content (AvgIpc) is 2.53. The number of nitrogens with zero attached hydrogens (tertiary/aromatic N) is 2. The number of hydrogen-bond donors (Lipinski definition) is 0. The second kappa shape index (κ2) is 4.88. The molecule has 3 heteroatoms. The van der Waals surface area contributed by atoms with Gasteiger partial charge in [0.05, 0.1) is 11.4 Å². The van der Waals surface area contributed by atoms with E-state index in [1.54, 1.807) is 0 Å². The van der Waals surface area contributed by atoms with Gasteiger partial charge in [-0.2, -0.15) is 0 Å². The van der Waals surface area contributed by atoms with Gasteiger partial charge >= 0.3 is 0 Å². The van der Waals surface area contributed by atoms with Crippen LogP contribution < -0.4 is 9.64 Å². The Hall–Kier alpha value is -2.81. The molecule has 0 amide bonds. The molecule has 3 nitrogen and oxygen atoms in total. The van der Waals surface area contributed by atoms with Gasteiger partial charge in [0.1, 0.15) is 0 Å². The highest BCUT2D eigenvalue weighted by molar-refractivity contribution is 5.86. The van der Waals surface area contributed by atoms with Crippen molar-refractivity contribution >= 4 is 17.1 Å². The average molecular weight is 288 g/mol. The van der Waals surface area contributed by atoms with Crippen molar-refractivity contribution in [2.75, 3.05) is 4.90 Å². The fourth-order valence-electron chi connectivity index (χ4n) is 2.80. The van der Waals surface area contributed by atoms with Gasteiger partial charge in [0.2, 0.25) is 0 Å². The molecule has 22 heavy (non-hydrogen) atoms. The van der Waals surface area contributed by atoms with E-state index in [9.17, 15) is 0 Å². The molecule has 2 aromatic carbocycles. The van der Waals surface area contributed by atoms with Crippen LogP contribution in [0.5, 0.6) is 11.5 Å². The first-order valence-corrected chi connectivity index (χ1v) is 7.32. The molecule has 0 saturated carbocycles. The highest BCUT2D eigenvalue weighted by atomic mass is 16.5. The Bertz CT molecular complexity index is 792. The normalized spacial score (nSPS) is 12.4. The topological polar surface area (TPSA) is 25.4 Å². The molecule has 0 saturated heterocycles. The van der Waals surface area contributed by atoms with E-state index in [2.05, 4.69) is 60.1 Å². The van der Waals surface area contributed by atoms with Crippen LogP contribution in [0.1, 0.15) is 11.1 Å². The van der Waals surface area contributed by atoms with E-state index >= 15 is 0 Å². The van der Waals surface area contributed by atoms with E-state index in [0.29, 0.717) is 0 Å². The van der Waals surface area contributed by atoms with Gasteiger partial charge in [0.25, 0.3) is 0 Å². The van der Waals surface area contributed by atoms with E-state index in [4.69, 9.17) is 4.74 Å². The Morgan fingerprint density at radius 1 is 0.773 bits per heavy atom. The standard InChI is InChI=1S/C19H16N2O/c1-13-3-5-16-18(11-13)22-19-12-14(2)4-6-17(19)21(16)15-7-9-20-10-8-15/h3-12H,1-2H3. The Morgan fingerprint density at radius 3 is 1.86 bits per heavy atom. The predicted octanol–water partition coefficient (Wildman–Crippen LogP) is 5.27. The van der Waals surface area contributed by atoms with E-state index < -0.39 is 0 Å². The summed E-state index contributed by atoms with van der Waals surface area (Å²) in [4.78, 5) is 6.34. The van der Waals surface area contributed by atoms with Gasteiger partial charge in [-0.15, -0.1) is 0 Å². The lowest BCUT2D eigenvalue weighted by atomic mass is 10.1. The highest BCUT2D eigenvalue weighted by Gasteiger charge is 2.25. The lowest BCUT2D eigenvalue weighted by Gasteiger charge is -2.33. The van der Waals surface area contributed by atoms with Crippen molar-refractivity contribution in [3.63, 3.8) is 0 Å². The summed E-state index contributed by atoms with van der Waals surface area (Å²) in [5, 5.41) is 0. The third kappa shape index (κ3) is 2.02. The lowest BCUT2D eigenvalue weighted by molar-refractivity contribution is 0.476. The molecule has 108 valence electrons. The molecule has 1 aliphatic rings. The fourth-order valence-corrected chi connectivity index (χ4v) is 2.80. The van der Waals surface area contributed by atoms with Crippen LogP contribution in [-0.2, 0) is 0 Å². The second-order valence-electron chi connectivity index (χ2n) is 5.59. The van der Waals surface area contributed by atoms with Crippen LogP contribution in [0, 0.1) is 13.8 Å². The SMILES string of the molecule is Cc1ccc2c(c1)Oc1cc(C)ccc1N2c1ccncc1. The first kappa shape index (κ1) is 12.9. The molecule has 0 bridgehead atoms. The maximum Gasteiger partial charge on any atom is 0.151 e. The minimum Gasteiger partial charge on any atom is -0.453 e. The minimum atomic E-state index is 0.884. The van der Waals surface area contributed by atoms with E-state index in [1.165, 1.54) is 11.1 Å². The molecular formula is C19H16N2O. The molecule has 0 N–H and O–H groups in total. The molecule has 1 aliphatic heterocycles. The van der Waals surface area contributed by atoms with Crippen molar-refractivity contribution < 1.29 is 4.74 Å². The molecule has 0 aliphatic carbocycles. The quantitative estimate of drug-likeness (QED) is 0.477. The fraction of sp³-hybridized carbons (Fsp3) is 0.105. The molecule has 0 unspecified atom stereocenters. The maximum atomic E-state index is 6.13. The summed E-state index contributed by atoms with van der Waals surface area (Å²) in [6.45, 7) is 4.15. The number of rotatable bonds is 1. The van der Waals surface area contributed by atoms with Gasteiger partial charge in [-0.3, -0.25) is 4.98 Å². The Balaban J connectivity index is 1.97. The molecule has 0 fully saturated rings.